The molecule has 8 aromatic rings. The Kier molecular flexibility index (Phi) is 10.9. The van der Waals surface area contributed by atoms with Crippen molar-refractivity contribution in [2.24, 2.45) is 0 Å². The lowest BCUT2D eigenvalue weighted by Gasteiger charge is -2.27. The molecule has 0 spiro atoms. The molecule has 1 N–H and O–H groups in total. The van der Waals surface area contributed by atoms with Crippen molar-refractivity contribution in [2.45, 2.75) is 131 Å². The van der Waals surface area contributed by atoms with Gasteiger partial charge in [-0.3, -0.25) is 4.98 Å². The van der Waals surface area contributed by atoms with E-state index in [1.54, 1.807) is 6.07 Å². The van der Waals surface area contributed by atoms with Crippen LogP contribution in [0, 0.1) is 0 Å². The lowest BCUT2D eigenvalue weighted by atomic mass is 9.78. The highest BCUT2D eigenvalue weighted by Crippen LogP contribution is 2.44. The number of phenolic OH excluding ortho intramolecular Hbond substituents is 1. The Morgan fingerprint density at radius 1 is 0.391 bits per heavy atom. The maximum Gasteiger partial charge on any atom is 0.231 e. The van der Waals surface area contributed by atoms with E-state index in [-0.39, 0.29) is 32.8 Å². The molecule has 6 aromatic carbocycles. The minimum Gasteiger partial charge on any atom is -0.507 e. The second-order valence-corrected chi connectivity index (χ2v) is 23.1. The van der Waals surface area contributed by atoms with Crippen LogP contribution in [0.4, 0.5) is 0 Å². The Bertz CT molecular complexity index is 3020. The molecule has 4 nitrogen and oxygen atoms in total. The SMILES string of the molecule is CC(C)(C)c1ccc(-c2cc(-c3cccc(-c4cc(C(C)(C)C)cc5c(-c6cc(C(C)(C)C)cc(C(C)(C)C)c6)ccnc45)c3)c3nc(-c4cc(C(C)(C)C)ccc4O)oc3c2)cc1. The fourth-order valence-electron chi connectivity index (χ4n) is 8.53. The summed E-state index contributed by atoms with van der Waals surface area (Å²) < 4.78 is 6.66. The second-order valence-electron chi connectivity index (χ2n) is 23.1. The first kappa shape index (κ1) is 44.6. The van der Waals surface area contributed by atoms with E-state index in [1.165, 1.54) is 33.4 Å². The first-order chi connectivity index (χ1) is 29.8. The van der Waals surface area contributed by atoms with Gasteiger partial charge in [-0.1, -0.05) is 171 Å². The zero-order valence-electron chi connectivity index (χ0n) is 40.8. The number of fused-ring (bicyclic) bond motifs is 2. The monoisotopic (exact) mass is 847 g/mol. The van der Waals surface area contributed by atoms with E-state index in [0.717, 1.165) is 55.4 Å². The number of hydrogen-bond donors (Lipinski definition) is 1. The van der Waals surface area contributed by atoms with Crippen LogP contribution in [0.5, 0.6) is 5.75 Å². The van der Waals surface area contributed by atoms with E-state index in [1.807, 2.05) is 18.3 Å². The first-order valence-electron chi connectivity index (χ1n) is 22.9. The molecule has 0 atom stereocenters. The number of hydrogen-bond acceptors (Lipinski definition) is 4. The smallest absolute Gasteiger partial charge is 0.231 e. The van der Waals surface area contributed by atoms with Crippen molar-refractivity contribution in [1.82, 2.24) is 9.97 Å². The number of nitrogens with zero attached hydrogens (tertiary/aromatic N) is 2. The van der Waals surface area contributed by atoms with Crippen LogP contribution in [0.25, 0.3) is 78.0 Å². The van der Waals surface area contributed by atoms with Crippen molar-refractivity contribution >= 4 is 22.0 Å². The summed E-state index contributed by atoms with van der Waals surface area (Å²) >= 11 is 0. The first-order valence-corrected chi connectivity index (χ1v) is 22.9. The number of oxazole rings is 1. The highest BCUT2D eigenvalue weighted by atomic mass is 16.3. The summed E-state index contributed by atoms with van der Waals surface area (Å²) in [4.78, 5) is 10.3. The molecule has 0 aliphatic rings. The van der Waals surface area contributed by atoms with Crippen molar-refractivity contribution in [1.29, 1.82) is 0 Å². The quantitative estimate of drug-likeness (QED) is 0.187. The zero-order valence-corrected chi connectivity index (χ0v) is 40.8. The second kappa shape index (κ2) is 15.6. The third-order valence-electron chi connectivity index (χ3n) is 12.8. The number of benzene rings is 6. The van der Waals surface area contributed by atoms with E-state index >= 15 is 0 Å². The molecule has 2 heterocycles. The summed E-state index contributed by atoms with van der Waals surface area (Å²) in [6, 6.07) is 41.7. The summed E-state index contributed by atoms with van der Waals surface area (Å²) in [6.07, 6.45) is 1.97. The molecule has 0 radical (unpaired) electrons. The molecular weight excluding hydrogens is 781 g/mol. The third kappa shape index (κ3) is 8.77. The number of rotatable bonds is 5. The molecule has 0 aliphatic heterocycles. The van der Waals surface area contributed by atoms with E-state index in [9.17, 15) is 5.11 Å². The van der Waals surface area contributed by atoms with Crippen LogP contribution in [-0.2, 0) is 27.1 Å². The van der Waals surface area contributed by atoms with E-state index in [4.69, 9.17) is 14.4 Å². The molecule has 4 heteroatoms. The van der Waals surface area contributed by atoms with Crippen molar-refractivity contribution in [3.63, 3.8) is 0 Å². The van der Waals surface area contributed by atoms with Gasteiger partial charge >= 0.3 is 0 Å². The van der Waals surface area contributed by atoms with Crippen molar-refractivity contribution in [3.8, 4) is 61.7 Å². The third-order valence-corrected chi connectivity index (χ3v) is 12.8. The van der Waals surface area contributed by atoms with E-state index in [2.05, 4.69) is 201 Å². The average molecular weight is 847 g/mol. The molecule has 328 valence electrons. The predicted octanol–water partition coefficient (Wildman–Crippen LogP) is 16.9. The summed E-state index contributed by atoms with van der Waals surface area (Å²) in [7, 11) is 0. The lowest BCUT2D eigenvalue weighted by Crippen LogP contribution is -2.16. The number of phenols is 1. The Morgan fingerprint density at radius 2 is 0.922 bits per heavy atom. The fourth-order valence-corrected chi connectivity index (χ4v) is 8.53. The maximum absolute atomic E-state index is 11.2. The number of pyridine rings is 1. The Morgan fingerprint density at radius 3 is 1.50 bits per heavy atom. The predicted molar refractivity (Wildman–Crippen MR) is 272 cm³/mol. The zero-order chi connectivity index (χ0) is 46.3. The fraction of sp³-hybridized carbons (Fsp3) is 0.333. The molecule has 8 rings (SSSR count). The molecule has 0 saturated carbocycles. The van der Waals surface area contributed by atoms with Crippen molar-refractivity contribution in [2.75, 3.05) is 0 Å². The van der Waals surface area contributed by atoms with Crippen LogP contribution in [-0.4, -0.2) is 15.1 Å². The molecule has 0 unspecified atom stereocenters. The summed E-state index contributed by atoms with van der Waals surface area (Å²) in [6.45, 7) is 33.9. The van der Waals surface area contributed by atoms with Gasteiger partial charge in [-0.2, -0.15) is 0 Å². The van der Waals surface area contributed by atoms with Crippen LogP contribution in [0.2, 0.25) is 0 Å². The molecule has 64 heavy (non-hydrogen) atoms. The topological polar surface area (TPSA) is 59.2 Å². The Labute approximate surface area is 381 Å². The molecule has 0 aliphatic carbocycles. The standard InChI is InChI=1S/C60H66N2O2/c1-56(2,3)41-21-19-36(20-22-41)39-30-47(54-52(31-39)64-55(62-54)50-33-42(57(4,5)6)23-24-51(50)63)37-17-16-18-38(27-37)48-34-45(60(13,14)15)35-49-46(25-26-61-53(48)49)40-28-43(58(7,8)9)32-44(29-40)59(10,11)12/h16-35,63H,1-15H3. The average Bonchev–Trinajstić information content (AvgIpc) is 3.65. The largest absolute Gasteiger partial charge is 0.507 e. The lowest BCUT2D eigenvalue weighted by molar-refractivity contribution is 0.473. The maximum atomic E-state index is 11.2. The number of aromatic hydroxyl groups is 1. The van der Waals surface area contributed by atoms with Crippen molar-refractivity contribution < 1.29 is 9.52 Å². The van der Waals surface area contributed by atoms with Crippen LogP contribution in [0.1, 0.15) is 132 Å². The highest BCUT2D eigenvalue weighted by Gasteiger charge is 2.25. The van der Waals surface area contributed by atoms with E-state index in [0.29, 0.717) is 17.0 Å². The minimum absolute atomic E-state index is 0.0128. The highest BCUT2D eigenvalue weighted by molar-refractivity contribution is 6.04. The van der Waals surface area contributed by atoms with Gasteiger partial charge in [0.15, 0.2) is 5.58 Å². The summed E-state index contributed by atoms with van der Waals surface area (Å²) in [5.41, 5.74) is 17.6. The summed E-state index contributed by atoms with van der Waals surface area (Å²) in [5.74, 6) is 0.528. The van der Waals surface area contributed by atoms with E-state index < -0.39 is 0 Å². The van der Waals surface area contributed by atoms with Crippen molar-refractivity contribution in [3.05, 3.63) is 149 Å². The van der Waals surface area contributed by atoms with Gasteiger partial charge in [0.25, 0.3) is 0 Å². The Hall–Kier alpha value is -6.00. The molecule has 0 saturated heterocycles. The summed E-state index contributed by atoms with van der Waals surface area (Å²) in [5, 5.41) is 12.3. The van der Waals surface area contributed by atoms with Gasteiger partial charge in [-0.25, -0.2) is 4.98 Å². The van der Waals surface area contributed by atoms with Gasteiger partial charge in [0.1, 0.15) is 11.3 Å². The molecular formula is C60H66N2O2. The van der Waals surface area contributed by atoms with Crippen LogP contribution in [0.3, 0.4) is 0 Å². The minimum atomic E-state index is -0.123. The molecule has 2 aromatic heterocycles. The van der Waals surface area contributed by atoms with Crippen LogP contribution >= 0.6 is 0 Å². The molecule has 0 amide bonds. The molecule has 0 fully saturated rings. The van der Waals surface area contributed by atoms with Gasteiger partial charge in [-0.05, 0) is 137 Å². The van der Waals surface area contributed by atoms with Gasteiger partial charge in [-0.15, -0.1) is 0 Å². The van der Waals surface area contributed by atoms with Crippen LogP contribution < -0.4 is 0 Å². The van der Waals surface area contributed by atoms with Gasteiger partial charge in [0, 0.05) is 22.7 Å². The van der Waals surface area contributed by atoms with Gasteiger partial charge in [0.05, 0.1) is 11.1 Å². The van der Waals surface area contributed by atoms with Gasteiger partial charge in [0.2, 0.25) is 5.89 Å². The normalized spacial score (nSPS) is 13.0. The Balaban J connectivity index is 1.36. The molecule has 0 bridgehead atoms. The van der Waals surface area contributed by atoms with Gasteiger partial charge < -0.3 is 9.52 Å². The van der Waals surface area contributed by atoms with Crippen LogP contribution in [0.15, 0.2) is 126 Å². The number of aromatic nitrogens is 2.